The number of sulfonamides is 1. The van der Waals surface area contributed by atoms with Crippen LogP contribution in [-0.2, 0) is 20.2 Å². The molecule has 0 aromatic heterocycles. The third-order valence-corrected chi connectivity index (χ3v) is 7.40. The van der Waals surface area contributed by atoms with Crippen molar-refractivity contribution in [2.24, 2.45) is 0 Å². The fourth-order valence-corrected chi connectivity index (χ4v) is 5.18. The molecule has 1 heterocycles. The number of carbonyl (C=O) groups is 1. The summed E-state index contributed by atoms with van der Waals surface area (Å²) in [7, 11) is -3.66. The van der Waals surface area contributed by atoms with Crippen LogP contribution in [0.1, 0.15) is 31.2 Å². The number of hydrogen-bond donors (Lipinski definition) is 2. The number of halogens is 1. The summed E-state index contributed by atoms with van der Waals surface area (Å²) >= 11 is 0. The zero-order valence-corrected chi connectivity index (χ0v) is 16.0. The Balaban J connectivity index is 1.60. The first-order valence-electron chi connectivity index (χ1n) is 9.24. The van der Waals surface area contributed by atoms with Crippen LogP contribution in [0.3, 0.4) is 0 Å². The van der Waals surface area contributed by atoms with Gasteiger partial charge in [-0.25, -0.2) is 12.8 Å². The SMILES string of the molecule is O=C(Nc1cc(S(=O)(=O)N2CCCC2)ccc1O)C1(c2ccc(F)cc2)CC1. The Hall–Kier alpha value is -2.45. The van der Waals surface area contributed by atoms with Crippen LogP contribution in [0.5, 0.6) is 5.75 Å². The molecule has 0 radical (unpaired) electrons. The highest BCUT2D eigenvalue weighted by Gasteiger charge is 2.51. The number of aromatic hydroxyl groups is 1. The average Bonchev–Trinajstić information content (AvgIpc) is 3.29. The molecule has 148 valence electrons. The predicted molar refractivity (Wildman–Crippen MR) is 102 cm³/mol. The Morgan fingerprint density at radius 2 is 1.71 bits per heavy atom. The van der Waals surface area contributed by atoms with Crippen molar-refractivity contribution >= 4 is 21.6 Å². The van der Waals surface area contributed by atoms with E-state index < -0.39 is 15.4 Å². The maximum atomic E-state index is 13.2. The maximum absolute atomic E-state index is 13.2. The molecule has 2 N–H and O–H groups in total. The van der Waals surface area contributed by atoms with Gasteiger partial charge < -0.3 is 10.4 Å². The first kappa shape index (κ1) is 18.9. The van der Waals surface area contributed by atoms with E-state index in [1.165, 1.54) is 34.6 Å². The standard InChI is InChI=1S/C20H21FN2O4S/c21-15-5-3-14(4-6-15)20(9-10-20)19(25)22-17-13-16(7-8-18(17)24)28(26,27)23-11-1-2-12-23/h3-8,13,24H,1-2,9-12H2,(H,22,25). The lowest BCUT2D eigenvalue weighted by atomic mass is 9.95. The number of phenolic OH excluding ortho intramolecular Hbond substituents is 1. The fourth-order valence-electron chi connectivity index (χ4n) is 3.64. The summed E-state index contributed by atoms with van der Waals surface area (Å²) < 4.78 is 40.1. The minimum Gasteiger partial charge on any atom is -0.506 e. The third kappa shape index (κ3) is 3.27. The van der Waals surface area contributed by atoms with Crippen molar-refractivity contribution in [2.75, 3.05) is 18.4 Å². The molecule has 1 saturated carbocycles. The van der Waals surface area contributed by atoms with Gasteiger partial charge in [-0.15, -0.1) is 0 Å². The fraction of sp³-hybridized carbons (Fsp3) is 0.350. The van der Waals surface area contributed by atoms with E-state index in [-0.39, 0.29) is 28.1 Å². The maximum Gasteiger partial charge on any atom is 0.243 e. The number of carbonyl (C=O) groups excluding carboxylic acids is 1. The normalized spacial score (nSPS) is 18.8. The summed E-state index contributed by atoms with van der Waals surface area (Å²) in [6, 6.07) is 9.68. The number of rotatable bonds is 5. The van der Waals surface area contributed by atoms with Crippen molar-refractivity contribution in [3.05, 3.63) is 53.8 Å². The number of nitrogens with one attached hydrogen (secondary N) is 1. The molecule has 1 amide bonds. The molecule has 2 fully saturated rings. The summed E-state index contributed by atoms with van der Waals surface area (Å²) in [6.07, 6.45) is 2.86. The monoisotopic (exact) mass is 404 g/mol. The van der Waals surface area contributed by atoms with Gasteiger partial charge >= 0.3 is 0 Å². The van der Waals surface area contributed by atoms with Gasteiger partial charge in [0.05, 0.1) is 16.0 Å². The molecule has 1 aliphatic heterocycles. The first-order chi connectivity index (χ1) is 13.3. The Kier molecular flexibility index (Phi) is 4.63. The van der Waals surface area contributed by atoms with Crippen LogP contribution in [-0.4, -0.2) is 36.8 Å². The van der Waals surface area contributed by atoms with Gasteiger partial charge in [0.1, 0.15) is 11.6 Å². The summed E-state index contributed by atoms with van der Waals surface area (Å²) in [4.78, 5) is 12.9. The van der Waals surface area contributed by atoms with E-state index in [9.17, 15) is 22.7 Å². The predicted octanol–water partition coefficient (Wildman–Crippen LogP) is 2.99. The number of amides is 1. The zero-order valence-electron chi connectivity index (χ0n) is 15.2. The quantitative estimate of drug-likeness (QED) is 0.750. The van der Waals surface area contributed by atoms with Crippen molar-refractivity contribution in [3.63, 3.8) is 0 Å². The average molecular weight is 404 g/mol. The summed E-state index contributed by atoms with van der Waals surface area (Å²) in [5.41, 5.74) is -0.0188. The minimum atomic E-state index is -3.66. The largest absolute Gasteiger partial charge is 0.506 e. The van der Waals surface area contributed by atoms with Gasteiger partial charge in [-0.3, -0.25) is 4.79 Å². The van der Waals surface area contributed by atoms with Crippen molar-refractivity contribution in [1.29, 1.82) is 0 Å². The molecule has 2 aromatic carbocycles. The molecule has 0 atom stereocenters. The highest BCUT2D eigenvalue weighted by molar-refractivity contribution is 7.89. The molecule has 2 aromatic rings. The molecule has 1 saturated heterocycles. The molecule has 0 unspecified atom stereocenters. The lowest BCUT2D eigenvalue weighted by molar-refractivity contribution is -0.118. The molecule has 8 heteroatoms. The Morgan fingerprint density at radius 3 is 2.32 bits per heavy atom. The van der Waals surface area contributed by atoms with Gasteiger partial charge in [0.15, 0.2) is 0 Å². The van der Waals surface area contributed by atoms with E-state index in [4.69, 9.17) is 0 Å². The second-order valence-electron chi connectivity index (χ2n) is 7.33. The highest BCUT2D eigenvalue weighted by atomic mass is 32.2. The molecule has 0 bridgehead atoms. The molecule has 0 spiro atoms. The zero-order chi connectivity index (χ0) is 19.9. The van der Waals surface area contributed by atoms with Crippen molar-refractivity contribution in [1.82, 2.24) is 4.31 Å². The third-order valence-electron chi connectivity index (χ3n) is 5.50. The molecule has 1 aliphatic carbocycles. The first-order valence-corrected chi connectivity index (χ1v) is 10.7. The number of nitrogens with zero attached hydrogens (tertiary/aromatic N) is 1. The van der Waals surface area contributed by atoms with E-state index in [2.05, 4.69) is 5.32 Å². The van der Waals surface area contributed by atoms with E-state index >= 15 is 0 Å². The van der Waals surface area contributed by atoms with Gasteiger partial charge in [0.2, 0.25) is 15.9 Å². The van der Waals surface area contributed by atoms with E-state index in [0.29, 0.717) is 31.5 Å². The van der Waals surface area contributed by atoms with E-state index in [0.717, 1.165) is 12.8 Å². The van der Waals surface area contributed by atoms with Crippen LogP contribution >= 0.6 is 0 Å². The van der Waals surface area contributed by atoms with Gasteiger partial charge in [0, 0.05) is 13.1 Å². The smallest absolute Gasteiger partial charge is 0.243 e. The second-order valence-corrected chi connectivity index (χ2v) is 9.27. The number of benzene rings is 2. The highest BCUT2D eigenvalue weighted by Crippen LogP contribution is 2.49. The summed E-state index contributed by atoms with van der Waals surface area (Å²) in [6.45, 7) is 0.942. The minimum absolute atomic E-state index is 0.0362. The van der Waals surface area contributed by atoms with Crippen LogP contribution in [0.25, 0.3) is 0 Å². The van der Waals surface area contributed by atoms with Crippen molar-refractivity contribution in [3.8, 4) is 5.75 Å². The topological polar surface area (TPSA) is 86.7 Å². The van der Waals surface area contributed by atoms with Crippen LogP contribution in [0.2, 0.25) is 0 Å². The number of hydrogen-bond acceptors (Lipinski definition) is 4. The van der Waals surface area contributed by atoms with Gasteiger partial charge in [-0.05, 0) is 61.6 Å². The Bertz CT molecular complexity index is 1010. The van der Waals surface area contributed by atoms with Crippen LogP contribution < -0.4 is 5.32 Å². The lowest BCUT2D eigenvalue weighted by Gasteiger charge is -2.19. The number of anilines is 1. The molecule has 6 nitrogen and oxygen atoms in total. The second kappa shape index (κ2) is 6.86. The van der Waals surface area contributed by atoms with Crippen molar-refractivity contribution in [2.45, 2.75) is 36.0 Å². The van der Waals surface area contributed by atoms with Gasteiger partial charge in [-0.2, -0.15) is 4.31 Å². The lowest BCUT2D eigenvalue weighted by Crippen LogP contribution is -2.29. The van der Waals surface area contributed by atoms with E-state index in [1.807, 2.05) is 0 Å². The number of phenols is 1. The summed E-state index contributed by atoms with van der Waals surface area (Å²) in [5, 5.41) is 12.8. The van der Waals surface area contributed by atoms with Crippen molar-refractivity contribution < 1.29 is 22.7 Å². The van der Waals surface area contributed by atoms with Gasteiger partial charge in [-0.1, -0.05) is 12.1 Å². The molecular weight excluding hydrogens is 383 g/mol. The van der Waals surface area contributed by atoms with Crippen LogP contribution in [0.4, 0.5) is 10.1 Å². The molecular formula is C20H21FN2O4S. The molecule has 28 heavy (non-hydrogen) atoms. The Morgan fingerprint density at radius 1 is 1.07 bits per heavy atom. The van der Waals surface area contributed by atoms with E-state index in [1.54, 1.807) is 12.1 Å². The Labute approximate surface area is 163 Å². The molecule has 4 rings (SSSR count). The van der Waals surface area contributed by atoms with Gasteiger partial charge in [0.25, 0.3) is 0 Å². The molecule has 2 aliphatic rings. The van der Waals surface area contributed by atoms with Crippen LogP contribution in [0.15, 0.2) is 47.4 Å². The van der Waals surface area contributed by atoms with Crippen LogP contribution in [0, 0.1) is 5.82 Å². The summed E-state index contributed by atoms with van der Waals surface area (Å²) in [5.74, 6) is -0.925.